The molecule has 3 unspecified atom stereocenters. The van der Waals surface area contributed by atoms with Gasteiger partial charge in [0.2, 0.25) is 0 Å². The molecule has 1 aromatic carbocycles. The van der Waals surface area contributed by atoms with Crippen LogP contribution in [0.25, 0.3) is 0 Å². The first kappa shape index (κ1) is 22.7. The van der Waals surface area contributed by atoms with Gasteiger partial charge in [0.05, 0.1) is 0 Å². The average Bonchev–Trinajstić information content (AvgIpc) is 3.29. The summed E-state index contributed by atoms with van der Waals surface area (Å²) in [5.41, 5.74) is 1.37. The quantitative estimate of drug-likeness (QED) is 0.352. The van der Waals surface area contributed by atoms with Gasteiger partial charge < -0.3 is 10.6 Å². The molecule has 0 spiro atoms. The third kappa shape index (κ3) is 6.77. The van der Waals surface area contributed by atoms with E-state index in [1.807, 2.05) is 30.2 Å². The fraction of sp³-hybridized carbons (Fsp3) is 0.524. The van der Waals surface area contributed by atoms with E-state index in [-0.39, 0.29) is 24.0 Å². The molecule has 1 aliphatic heterocycles. The van der Waals surface area contributed by atoms with Crippen LogP contribution in [-0.4, -0.2) is 52.9 Å². The fourth-order valence-corrected chi connectivity index (χ4v) is 3.69. The van der Waals surface area contributed by atoms with Crippen LogP contribution in [0.3, 0.4) is 0 Å². The lowest BCUT2D eigenvalue weighted by atomic mass is 10.2. The lowest BCUT2D eigenvalue weighted by Crippen LogP contribution is -2.45. The van der Waals surface area contributed by atoms with Crippen molar-refractivity contribution in [2.75, 3.05) is 20.1 Å². The Morgan fingerprint density at radius 3 is 2.75 bits per heavy atom. The Labute approximate surface area is 185 Å². The molecule has 0 aliphatic carbocycles. The predicted octanol–water partition coefficient (Wildman–Crippen LogP) is 2.97. The van der Waals surface area contributed by atoms with Crippen LogP contribution in [0.15, 0.2) is 53.8 Å². The van der Waals surface area contributed by atoms with Gasteiger partial charge in [0.15, 0.2) is 5.96 Å². The number of likely N-dealkylation sites (tertiary alicyclic amines) is 1. The second-order valence-corrected chi connectivity index (χ2v) is 7.63. The normalized spacial score (nSPS) is 21.2. The number of benzene rings is 1. The number of aromatic nitrogens is 2. The van der Waals surface area contributed by atoms with Crippen LogP contribution in [0.1, 0.15) is 25.8 Å². The summed E-state index contributed by atoms with van der Waals surface area (Å²) < 4.78 is 1.97. The second kappa shape index (κ2) is 11.4. The first-order chi connectivity index (χ1) is 13.1. The Morgan fingerprint density at radius 1 is 1.29 bits per heavy atom. The van der Waals surface area contributed by atoms with E-state index in [0.717, 1.165) is 38.6 Å². The minimum absolute atomic E-state index is 0. The predicted molar refractivity (Wildman–Crippen MR) is 126 cm³/mol. The second-order valence-electron chi connectivity index (χ2n) is 7.63. The van der Waals surface area contributed by atoms with E-state index >= 15 is 0 Å². The summed E-state index contributed by atoms with van der Waals surface area (Å²) in [6.45, 7) is 8.36. The van der Waals surface area contributed by atoms with Gasteiger partial charge in [-0.05, 0) is 30.9 Å². The topological polar surface area (TPSA) is 57.5 Å². The van der Waals surface area contributed by atoms with Gasteiger partial charge in [0, 0.05) is 57.7 Å². The van der Waals surface area contributed by atoms with Crippen molar-refractivity contribution in [1.29, 1.82) is 0 Å². The molecule has 2 aromatic rings. The maximum Gasteiger partial charge on any atom is 0.191 e. The van der Waals surface area contributed by atoms with E-state index in [9.17, 15) is 0 Å². The molecular weight excluding hydrogens is 463 g/mol. The summed E-state index contributed by atoms with van der Waals surface area (Å²) in [7, 11) is 1.84. The molecule has 1 fully saturated rings. The highest BCUT2D eigenvalue weighted by molar-refractivity contribution is 14.0. The molecule has 1 aromatic heterocycles. The standard InChI is InChI=1S/C21H32N6.HI/c1-17(14-27-11-7-10-24-27)13-23-21(22-3)25-20-12-18(2)26(16-20)15-19-8-5-4-6-9-19;/h4-11,17-18,20H,12-16H2,1-3H3,(H2,22,23,25);1H. The third-order valence-corrected chi connectivity index (χ3v) is 5.17. The summed E-state index contributed by atoms with van der Waals surface area (Å²) in [4.78, 5) is 6.95. The highest BCUT2D eigenvalue weighted by atomic mass is 127. The van der Waals surface area contributed by atoms with Gasteiger partial charge >= 0.3 is 0 Å². The van der Waals surface area contributed by atoms with Crippen molar-refractivity contribution in [1.82, 2.24) is 25.3 Å². The smallest absolute Gasteiger partial charge is 0.191 e. The largest absolute Gasteiger partial charge is 0.356 e. The zero-order valence-electron chi connectivity index (χ0n) is 17.1. The molecular formula is C21H33IN6. The van der Waals surface area contributed by atoms with Crippen LogP contribution in [0.5, 0.6) is 0 Å². The van der Waals surface area contributed by atoms with Crippen molar-refractivity contribution in [3.8, 4) is 0 Å². The van der Waals surface area contributed by atoms with Crippen molar-refractivity contribution in [3.63, 3.8) is 0 Å². The first-order valence-corrected chi connectivity index (χ1v) is 9.86. The molecule has 3 rings (SSSR count). The molecule has 28 heavy (non-hydrogen) atoms. The van der Waals surface area contributed by atoms with E-state index in [4.69, 9.17) is 0 Å². The summed E-state index contributed by atoms with van der Waals surface area (Å²) >= 11 is 0. The molecule has 154 valence electrons. The van der Waals surface area contributed by atoms with E-state index in [0.29, 0.717) is 18.0 Å². The van der Waals surface area contributed by atoms with Crippen LogP contribution in [0.4, 0.5) is 0 Å². The summed E-state index contributed by atoms with van der Waals surface area (Å²) in [5.74, 6) is 1.36. The van der Waals surface area contributed by atoms with Gasteiger partial charge in [0.1, 0.15) is 0 Å². The highest BCUT2D eigenvalue weighted by Gasteiger charge is 2.29. The molecule has 2 N–H and O–H groups in total. The number of nitrogens with one attached hydrogen (secondary N) is 2. The Kier molecular flexibility index (Phi) is 9.24. The molecule has 0 amide bonds. The summed E-state index contributed by atoms with van der Waals surface area (Å²) in [5, 5.41) is 11.3. The average molecular weight is 496 g/mol. The Morgan fingerprint density at radius 2 is 2.07 bits per heavy atom. The van der Waals surface area contributed by atoms with Gasteiger partial charge in [0.25, 0.3) is 0 Å². The van der Waals surface area contributed by atoms with Crippen molar-refractivity contribution < 1.29 is 0 Å². The van der Waals surface area contributed by atoms with Crippen molar-refractivity contribution in [2.45, 2.75) is 45.4 Å². The highest BCUT2D eigenvalue weighted by Crippen LogP contribution is 2.20. The van der Waals surface area contributed by atoms with Gasteiger partial charge in [-0.25, -0.2) is 0 Å². The molecule has 1 saturated heterocycles. The fourth-order valence-electron chi connectivity index (χ4n) is 3.69. The Balaban J connectivity index is 0.00000280. The molecule has 2 heterocycles. The molecule has 7 heteroatoms. The van der Waals surface area contributed by atoms with Crippen LogP contribution < -0.4 is 10.6 Å². The number of guanidine groups is 1. The van der Waals surface area contributed by atoms with Crippen molar-refractivity contribution in [2.24, 2.45) is 10.9 Å². The van der Waals surface area contributed by atoms with Crippen molar-refractivity contribution >= 4 is 29.9 Å². The van der Waals surface area contributed by atoms with Gasteiger partial charge in [-0.3, -0.25) is 14.6 Å². The minimum atomic E-state index is 0. The Hall–Kier alpha value is -1.61. The molecule has 6 nitrogen and oxygen atoms in total. The minimum Gasteiger partial charge on any atom is -0.356 e. The molecule has 1 aliphatic rings. The Bertz CT molecular complexity index is 703. The van der Waals surface area contributed by atoms with Crippen LogP contribution in [0, 0.1) is 5.92 Å². The number of aliphatic imine (C=N–C) groups is 1. The number of nitrogens with zero attached hydrogens (tertiary/aromatic N) is 4. The number of hydrogen-bond acceptors (Lipinski definition) is 3. The maximum absolute atomic E-state index is 4.41. The SMILES string of the molecule is CN=C(NCC(C)Cn1cccn1)NC1CC(C)N(Cc2ccccc2)C1.I. The van der Waals surface area contributed by atoms with E-state index < -0.39 is 0 Å². The van der Waals surface area contributed by atoms with Gasteiger partial charge in [-0.1, -0.05) is 37.3 Å². The molecule has 3 atom stereocenters. The number of halogens is 1. The van der Waals surface area contributed by atoms with E-state index in [2.05, 4.69) is 69.8 Å². The van der Waals surface area contributed by atoms with E-state index in [1.165, 1.54) is 5.56 Å². The lowest BCUT2D eigenvalue weighted by Gasteiger charge is -2.21. The zero-order valence-corrected chi connectivity index (χ0v) is 19.4. The first-order valence-electron chi connectivity index (χ1n) is 9.86. The van der Waals surface area contributed by atoms with E-state index in [1.54, 1.807) is 0 Å². The number of rotatable bonds is 7. The molecule has 0 bridgehead atoms. The molecule has 0 radical (unpaired) electrons. The zero-order chi connectivity index (χ0) is 19.1. The van der Waals surface area contributed by atoms with Gasteiger partial charge in [-0.15, -0.1) is 24.0 Å². The molecule has 0 saturated carbocycles. The third-order valence-electron chi connectivity index (χ3n) is 5.17. The lowest BCUT2D eigenvalue weighted by molar-refractivity contribution is 0.258. The number of hydrogen-bond donors (Lipinski definition) is 2. The summed E-state index contributed by atoms with van der Waals surface area (Å²) in [6.07, 6.45) is 4.96. The van der Waals surface area contributed by atoms with Gasteiger partial charge in [-0.2, -0.15) is 5.10 Å². The van der Waals surface area contributed by atoms with Crippen LogP contribution in [0.2, 0.25) is 0 Å². The van der Waals surface area contributed by atoms with Crippen LogP contribution >= 0.6 is 24.0 Å². The van der Waals surface area contributed by atoms with Crippen LogP contribution in [-0.2, 0) is 13.1 Å². The maximum atomic E-state index is 4.41. The van der Waals surface area contributed by atoms with Crippen molar-refractivity contribution in [3.05, 3.63) is 54.4 Å². The summed E-state index contributed by atoms with van der Waals surface area (Å²) in [6, 6.07) is 13.7. The monoisotopic (exact) mass is 496 g/mol.